The predicted octanol–water partition coefficient (Wildman–Crippen LogP) is 14.5. The molecule has 4 aromatic carbocycles. The molecule has 12 nitrogen and oxygen atoms in total. The van der Waals surface area contributed by atoms with E-state index in [1.165, 1.54) is 0 Å². The molecule has 0 saturated heterocycles. The van der Waals surface area contributed by atoms with Crippen LogP contribution in [0, 0.1) is 21.7 Å². The van der Waals surface area contributed by atoms with E-state index in [0.717, 1.165) is 0 Å². The van der Waals surface area contributed by atoms with E-state index in [1.807, 2.05) is 229 Å². The van der Waals surface area contributed by atoms with Crippen LogP contribution in [0.2, 0.25) is 0 Å². The number of hydrogen-bond donors (Lipinski definition) is 4. The summed E-state index contributed by atoms with van der Waals surface area (Å²) in [5.74, 6) is -0.660. The van der Waals surface area contributed by atoms with E-state index >= 15 is 0 Å². The summed E-state index contributed by atoms with van der Waals surface area (Å²) in [6, 6.07) is 38.3. The summed E-state index contributed by atoms with van der Waals surface area (Å²) < 4.78 is 0. The second-order valence-corrected chi connectivity index (χ2v) is 23.4. The minimum atomic E-state index is -0.703. The van der Waals surface area contributed by atoms with Crippen LogP contribution in [-0.4, -0.2) is 33.6 Å². The Morgan fingerprint density at radius 1 is 0.325 bits per heavy atom. The van der Waals surface area contributed by atoms with Crippen molar-refractivity contribution in [2.24, 2.45) is 21.7 Å². The molecule has 2 aliphatic heterocycles. The molecule has 0 saturated carbocycles. The molecule has 8 bridgehead atoms. The summed E-state index contributed by atoms with van der Waals surface area (Å²) in [6.07, 6.45) is 7.77. The number of aromatic nitrogens is 4. The number of fused-ring (bicyclic) bond motifs is 8. The van der Waals surface area contributed by atoms with Gasteiger partial charge in [0.05, 0.1) is 22.8 Å². The predicted molar refractivity (Wildman–Crippen MR) is 311 cm³/mol. The van der Waals surface area contributed by atoms with Crippen molar-refractivity contribution in [3.63, 3.8) is 0 Å². The molecule has 3 aromatic heterocycles. The Morgan fingerprint density at radius 2 is 0.519 bits per heavy atom. The first-order valence-corrected chi connectivity index (χ1v) is 25.6. The van der Waals surface area contributed by atoms with Crippen LogP contribution >= 0.6 is 0 Å². The van der Waals surface area contributed by atoms with Crippen LogP contribution in [0.25, 0.3) is 90.9 Å². The zero-order valence-corrected chi connectivity index (χ0v) is 46.7. The third kappa shape index (κ3) is 11.5. The van der Waals surface area contributed by atoms with Crippen molar-refractivity contribution >= 4 is 92.7 Å². The first kappa shape index (κ1) is 55.1. The molecular formula is C64H64FeN8O4. The summed E-state index contributed by atoms with van der Waals surface area (Å²) in [6.45, 7) is 22.4. The van der Waals surface area contributed by atoms with Crippen LogP contribution < -0.4 is 31.2 Å². The average molecular weight is 1070 g/mol. The topological polar surface area (TPSA) is 170 Å². The summed E-state index contributed by atoms with van der Waals surface area (Å²) in [7, 11) is 0. The molecule has 0 spiro atoms. The molecule has 0 radical (unpaired) electrons. The summed E-state index contributed by atoms with van der Waals surface area (Å²) in [5, 5.41) is 12.8. The quantitative estimate of drug-likeness (QED) is 0.109. The molecule has 4 N–H and O–H groups in total. The Hall–Kier alpha value is -8.12. The monoisotopic (exact) mass is 1060 g/mol. The van der Waals surface area contributed by atoms with Crippen molar-refractivity contribution in [1.29, 1.82) is 0 Å². The average Bonchev–Trinajstić information content (AvgIpc) is 4.25. The molecule has 0 aliphatic carbocycles. The molecule has 392 valence electrons. The smallest absolute Gasteiger partial charge is 0.657 e. The first-order chi connectivity index (χ1) is 35.9. The van der Waals surface area contributed by atoms with E-state index < -0.39 is 21.7 Å². The second kappa shape index (κ2) is 21.1. The van der Waals surface area contributed by atoms with E-state index in [1.54, 1.807) is 0 Å². The third-order valence-electron chi connectivity index (χ3n) is 13.1. The van der Waals surface area contributed by atoms with Crippen molar-refractivity contribution in [3.05, 3.63) is 144 Å². The number of rotatable bonds is 8. The number of amides is 4. The summed E-state index contributed by atoms with van der Waals surface area (Å²) in [4.78, 5) is 77.0. The fraction of sp³-hybridized carbons (Fsp3) is 0.250. The number of nitrogens with zero attached hydrogens (tertiary/aromatic N) is 4. The van der Waals surface area contributed by atoms with Gasteiger partial charge in [0, 0.05) is 66.7 Å². The van der Waals surface area contributed by atoms with Gasteiger partial charge in [0.2, 0.25) is 23.6 Å². The van der Waals surface area contributed by atoms with Gasteiger partial charge >= 0.3 is 17.1 Å². The fourth-order valence-electron chi connectivity index (χ4n) is 8.67. The first-order valence-electron chi connectivity index (χ1n) is 25.6. The van der Waals surface area contributed by atoms with Crippen LogP contribution in [0.15, 0.2) is 121 Å². The van der Waals surface area contributed by atoms with Crippen LogP contribution in [0.3, 0.4) is 0 Å². The van der Waals surface area contributed by atoms with Crippen molar-refractivity contribution in [2.45, 2.75) is 83.1 Å². The molecule has 13 heteroatoms. The van der Waals surface area contributed by atoms with Crippen molar-refractivity contribution < 1.29 is 36.2 Å². The van der Waals surface area contributed by atoms with Gasteiger partial charge in [-0.15, -0.1) is 22.1 Å². The standard InChI is InChI=1S/C64H66N8O4.Fe/c1-61(2,3)57(73)69-41-25-17-13-21-37(41)53-45-29-31-47(65-45)54(38-22-14-18-26-42(38)70-58(74)62(4,5)6)49-33-35-51(67-49)56(40-24-16-20-28-44(40)72-60(76)64(10,11)12)52-36-34-50(68-52)55(48-32-30-46(53)66-48)39-23-15-19-27-43(39)71-59(75)63(7,8)9;/h13-36H,1-12H3,(H6,65,66,67,68,69,70,71,72,73,74,75,76);/q;+2/p-2. The fourth-order valence-corrected chi connectivity index (χ4v) is 8.67. The molecule has 77 heavy (non-hydrogen) atoms. The van der Waals surface area contributed by atoms with E-state index in [-0.39, 0.29) is 40.7 Å². The number of carbonyl (C=O) groups excluding carboxylic acids is 4. The zero-order valence-electron chi connectivity index (χ0n) is 45.6. The van der Waals surface area contributed by atoms with E-state index in [4.69, 9.17) is 19.9 Å². The summed E-state index contributed by atoms with van der Waals surface area (Å²) >= 11 is 0. The maximum atomic E-state index is 13.8. The molecule has 0 atom stereocenters. The minimum Gasteiger partial charge on any atom is -0.657 e. The van der Waals surface area contributed by atoms with Crippen LogP contribution in [-0.2, 0) is 36.2 Å². The van der Waals surface area contributed by atoms with Gasteiger partial charge < -0.3 is 31.2 Å². The normalized spacial score (nSPS) is 12.4. The van der Waals surface area contributed by atoms with Gasteiger partial charge in [-0.1, -0.05) is 180 Å². The Kier molecular flexibility index (Phi) is 15.1. The number of hydrogen-bond acceptors (Lipinski definition) is 6. The molecule has 5 heterocycles. The van der Waals surface area contributed by atoms with Gasteiger partial charge in [-0.25, -0.2) is 9.97 Å². The second-order valence-electron chi connectivity index (χ2n) is 23.4. The molecule has 0 fully saturated rings. The SMILES string of the molecule is CC(C)(C)C(=O)Nc1ccccc1-c1c2nc(c(-c3ccccc3NC(=O)C(C)(C)C)c3ccc([n-]3)c(-c3ccccc3NC(=O)C(C)(C)C)c3nc(c(-c4ccccc4NC(=O)C(C)(C)C)c4ccc1[n-]4)C=C3)C=C2.[Fe+2]. The number of nitrogens with one attached hydrogen (secondary N) is 4. The molecule has 0 unspecified atom stereocenters. The Morgan fingerprint density at radius 3 is 0.714 bits per heavy atom. The van der Waals surface area contributed by atoms with Crippen LogP contribution in [0.1, 0.15) is 106 Å². The Labute approximate surface area is 461 Å². The van der Waals surface area contributed by atoms with Crippen molar-refractivity contribution in [2.75, 3.05) is 21.3 Å². The number of carbonyl (C=O) groups is 4. The van der Waals surface area contributed by atoms with Gasteiger partial charge in [0.15, 0.2) is 0 Å². The van der Waals surface area contributed by atoms with Gasteiger partial charge in [0.25, 0.3) is 0 Å². The van der Waals surface area contributed by atoms with Gasteiger partial charge in [-0.05, 0) is 70.8 Å². The number of benzene rings is 4. The van der Waals surface area contributed by atoms with Gasteiger partial charge in [-0.3, -0.25) is 19.2 Å². The molecule has 7 aromatic rings. The minimum absolute atomic E-state index is 0. The van der Waals surface area contributed by atoms with Crippen molar-refractivity contribution in [3.8, 4) is 44.5 Å². The number of anilines is 4. The maximum absolute atomic E-state index is 13.8. The Balaban J connectivity index is 0.00000784. The maximum Gasteiger partial charge on any atom is 2.00 e. The van der Waals surface area contributed by atoms with E-state index in [0.29, 0.717) is 112 Å². The van der Waals surface area contributed by atoms with Crippen LogP contribution in [0.5, 0.6) is 0 Å². The van der Waals surface area contributed by atoms with Crippen molar-refractivity contribution in [1.82, 2.24) is 19.9 Å². The summed E-state index contributed by atoms with van der Waals surface area (Å²) in [5.41, 5.74) is 9.34. The van der Waals surface area contributed by atoms with Gasteiger partial charge in [-0.2, -0.15) is 0 Å². The molecule has 9 rings (SSSR count). The largest absolute Gasteiger partial charge is 2.00 e. The molecular weight excluding hydrogens is 1000 g/mol. The van der Waals surface area contributed by atoms with E-state index in [2.05, 4.69) is 21.3 Å². The zero-order chi connectivity index (χ0) is 54.5. The third-order valence-corrected chi connectivity index (χ3v) is 13.1. The molecule has 2 aliphatic rings. The molecule has 4 amide bonds. The Bertz CT molecular complexity index is 3260. The van der Waals surface area contributed by atoms with Gasteiger partial charge in [0.1, 0.15) is 0 Å². The van der Waals surface area contributed by atoms with Crippen LogP contribution in [0.4, 0.5) is 22.7 Å². The number of para-hydroxylation sites is 4. The van der Waals surface area contributed by atoms with E-state index in [9.17, 15) is 19.2 Å².